The van der Waals surface area contributed by atoms with Gasteiger partial charge in [0.05, 0.1) is 36.6 Å². The Morgan fingerprint density at radius 3 is 0.936 bits per heavy atom. The van der Waals surface area contributed by atoms with Crippen LogP contribution in [0.3, 0.4) is 0 Å². The third-order valence-corrected chi connectivity index (χ3v) is 15.0. The molecule has 1 amide bonds. The quantitative estimate of drug-likeness (QED) is 0.0588. The summed E-state index contributed by atoms with van der Waals surface area (Å²) in [6, 6.07) is 4.52. The molecule has 22 aliphatic rings. The summed E-state index contributed by atoms with van der Waals surface area (Å²) in [7, 11) is 0. The number of nitrogens with one attached hydrogen (secondary N) is 1. The molecule has 22 heterocycles. The number of rotatable bonds is 10. The Morgan fingerprint density at radius 1 is 0.423 bits per heavy atom. The summed E-state index contributed by atoms with van der Waals surface area (Å²) in [5.74, 6) is -0.364. The van der Waals surface area contributed by atoms with Crippen LogP contribution < -0.4 is 10.2 Å². The first-order valence-electron chi connectivity index (χ1n) is 24.6. The SMILES string of the molecule is CC(=O)Nc1ccc(I)c(OOC[C@H]2O[C@@H]3O[C@H]4[C@H](O)[C@@H](O)[C@@H](O[C@H]5[C@H](O)[C@@H](O)[C@@H](O[C@H]6[C@H](O)[C@@H](O)[C@@H](O[C@H]7[C@H](O)[C@@H](O)[C@@H](O[C@H]8[C@H](O)[C@@H](O)[C@@H](O[C@H]2[C@H](O)[C@H]3O)O[C@@H]8CO)O[C@@H]7CO)O[C@@H]6CO)O[C@@H]5CO)O[C@@H]4CO)c1. The smallest absolute Gasteiger partial charge is 0.221 e. The molecule has 22 saturated heterocycles. The lowest BCUT2D eigenvalue weighted by atomic mass is 9.94. The van der Waals surface area contributed by atoms with Crippen molar-refractivity contribution < 1.29 is 158 Å². The molecule has 18 N–H and O–H groups in total. The van der Waals surface area contributed by atoms with Gasteiger partial charge in [0.1, 0.15) is 153 Å². The predicted molar refractivity (Wildman–Crippen MR) is 249 cm³/mol. The van der Waals surface area contributed by atoms with Crippen LogP contribution in [0, 0.1) is 3.57 Å². The standard InChI is InChI=1S/C44H66INO32/c1-11(52)46-12-2-3-13(45)14(4-12)78-65-10-20-38-26(58)32(64)44(71-20)76-37-19(9-51)69-42(30(62)24(37)56)74-35-17(7-49)67-40(28(60)22(35)54)72-33-15(5-47)66-39(27(59)21(33)53)73-34-16(6-48)68-41(29(61)23(34)55)75-36-18(8-50)70-43(77-38)31(63)25(36)57/h2-4,15-44,47-51,53-64H,5-10H2,1H3,(H,46,52)/t15-,16-,17-,18-,19-,20-,21-,22-,23-,24-,25-,26-,27-,28-,29-,30-,31-,32-,33-,34-,35-,36-,37-,38-,39-,40-,41-,42-,43-,44-/m1/s1. The van der Waals surface area contributed by atoms with Crippen LogP contribution in [0.5, 0.6) is 5.75 Å². The normalized spacial score (nSPS) is 48.5. The Balaban J connectivity index is 1.11. The van der Waals surface area contributed by atoms with Gasteiger partial charge in [-0.3, -0.25) is 4.79 Å². The van der Waals surface area contributed by atoms with Gasteiger partial charge in [-0.1, -0.05) is 0 Å². The van der Waals surface area contributed by atoms with Crippen LogP contribution in [0.4, 0.5) is 5.69 Å². The zero-order valence-electron chi connectivity index (χ0n) is 40.9. The van der Waals surface area contributed by atoms with Gasteiger partial charge in [0, 0.05) is 18.7 Å². The lowest BCUT2D eigenvalue weighted by Gasteiger charge is -2.50. The molecule has 1 aromatic carbocycles. The van der Waals surface area contributed by atoms with Gasteiger partial charge in [0.2, 0.25) is 5.91 Å². The second-order valence-corrected chi connectivity index (χ2v) is 20.5. The number of hydrogen-bond donors (Lipinski definition) is 18. The van der Waals surface area contributed by atoms with E-state index < -0.39 is 230 Å². The monoisotopic (exact) mass is 1250 g/mol. The minimum atomic E-state index is -2.21. The van der Waals surface area contributed by atoms with Crippen molar-refractivity contribution in [3.63, 3.8) is 0 Å². The Kier molecular flexibility index (Phi) is 21.3. The van der Waals surface area contributed by atoms with Crippen LogP contribution in [0.2, 0.25) is 0 Å². The van der Waals surface area contributed by atoms with Crippen molar-refractivity contribution in [2.75, 3.05) is 45.0 Å². The van der Waals surface area contributed by atoms with Crippen molar-refractivity contribution in [2.24, 2.45) is 0 Å². The first-order valence-corrected chi connectivity index (χ1v) is 25.7. The third-order valence-electron chi connectivity index (χ3n) is 14.1. The van der Waals surface area contributed by atoms with Crippen LogP contribution in [-0.2, 0) is 66.5 Å². The third kappa shape index (κ3) is 12.9. The largest absolute Gasteiger partial charge is 0.394 e. The molecule has 0 spiro atoms. The van der Waals surface area contributed by atoms with Gasteiger partial charge >= 0.3 is 0 Å². The molecular formula is C44H66INO32. The first-order chi connectivity index (χ1) is 37.1. The highest BCUT2D eigenvalue weighted by Crippen LogP contribution is 2.38. The lowest BCUT2D eigenvalue weighted by Crippen LogP contribution is -2.69. The molecular weight excluding hydrogens is 1180 g/mol. The molecule has 0 aromatic heterocycles. The highest BCUT2D eigenvalue weighted by Gasteiger charge is 2.59. The van der Waals surface area contributed by atoms with Crippen LogP contribution in [0.15, 0.2) is 18.2 Å². The number of hydrogen-bond acceptors (Lipinski definition) is 32. The van der Waals surface area contributed by atoms with Crippen molar-refractivity contribution in [3.05, 3.63) is 21.8 Å². The molecule has 22 aliphatic heterocycles. The number of aliphatic hydroxyl groups is 17. The highest BCUT2D eigenvalue weighted by molar-refractivity contribution is 14.1. The number of anilines is 1. The highest BCUT2D eigenvalue weighted by atomic mass is 127. The molecule has 0 saturated carbocycles. The summed E-state index contributed by atoms with van der Waals surface area (Å²) in [6.45, 7) is -4.63. The van der Waals surface area contributed by atoms with Gasteiger partial charge in [-0.05, 0) is 34.7 Å². The Hall–Kier alpha value is -1.98. The number of amides is 1. The second-order valence-electron chi connectivity index (χ2n) is 19.4. The fourth-order valence-corrected chi connectivity index (χ4v) is 10.4. The van der Waals surface area contributed by atoms with Crippen LogP contribution in [-0.4, -0.2) is 317 Å². The van der Waals surface area contributed by atoms with Crippen molar-refractivity contribution in [3.8, 4) is 5.75 Å². The Bertz CT molecular complexity index is 2080. The zero-order chi connectivity index (χ0) is 56.6. The van der Waals surface area contributed by atoms with Crippen LogP contribution in [0.1, 0.15) is 6.92 Å². The summed E-state index contributed by atoms with van der Waals surface area (Å²) >= 11 is 1.89. The average molecular weight is 1250 g/mol. The second kappa shape index (κ2) is 26.7. The fraction of sp³-hybridized carbons (Fsp3) is 0.841. The van der Waals surface area contributed by atoms with Gasteiger partial charge in [-0.15, -0.1) is 0 Å². The molecule has 34 heteroatoms. The van der Waals surface area contributed by atoms with E-state index in [1.807, 2.05) is 22.6 Å². The van der Waals surface area contributed by atoms with Gasteiger partial charge < -0.3 is 154 Å². The summed E-state index contributed by atoms with van der Waals surface area (Å²) in [5.41, 5.74) is 0.296. The average Bonchev–Trinajstić information content (AvgIpc) is 3.43. The topological polar surface area (TPSA) is 502 Å². The zero-order valence-corrected chi connectivity index (χ0v) is 43.1. The molecule has 0 unspecified atom stereocenters. The van der Waals surface area contributed by atoms with Crippen LogP contribution >= 0.6 is 22.6 Å². The van der Waals surface area contributed by atoms with E-state index in [2.05, 4.69) is 5.32 Å². The van der Waals surface area contributed by atoms with Crippen LogP contribution in [0.25, 0.3) is 0 Å². The molecule has 33 nitrogen and oxygen atoms in total. The molecule has 0 aliphatic carbocycles. The fourth-order valence-electron chi connectivity index (χ4n) is 9.93. The minimum Gasteiger partial charge on any atom is -0.394 e. The van der Waals surface area contributed by atoms with Crippen molar-refractivity contribution in [1.82, 2.24) is 0 Å². The summed E-state index contributed by atoms with van der Waals surface area (Å²) < 4.78 is 69.9. The number of ether oxygens (including phenoxy) is 12. The number of halogens is 1. The summed E-state index contributed by atoms with van der Waals surface area (Å²) in [6.07, 6.45) is -59.7. The molecule has 446 valence electrons. The molecule has 0 radical (unpaired) electrons. The van der Waals surface area contributed by atoms with E-state index in [4.69, 9.17) is 66.6 Å². The number of aliphatic hydroxyl groups excluding tert-OH is 17. The van der Waals surface area contributed by atoms with Crippen molar-refractivity contribution >= 4 is 34.2 Å². The van der Waals surface area contributed by atoms with Gasteiger partial charge in [-0.25, -0.2) is 0 Å². The number of carbonyl (C=O) groups excluding carboxylic acids is 1. The molecule has 23 rings (SSSR count). The summed E-state index contributed by atoms with van der Waals surface area (Å²) in [5, 5.41) is 192. The molecule has 78 heavy (non-hydrogen) atoms. The summed E-state index contributed by atoms with van der Waals surface area (Å²) in [4.78, 5) is 22.8. The maximum absolute atomic E-state index is 11.7. The van der Waals surface area contributed by atoms with E-state index in [9.17, 15) is 91.6 Å². The Labute approximate surface area is 454 Å². The Morgan fingerprint density at radius 2 is 0.679 bits per heavy atom. The maximum Gasteiger partial charge on any atom is 0.221 e. The van der Waals surface area contributed by atoms with Gasteiger partial charge in [0.15, 0.2) is 43.5 Å². The van der Waals surface area contributed by atoms with Gasteiger partial charge in [0.25, 0.3) is 0 Å². The lowest BCUT2D eigenvalue weighted by molar-refractivity contribution is -0.406. The van der Waals surface area contributed by atoms with Crippen molar-refractivity contribution in [1.29, 1.82) is 0 Å². The van der Waals surface area contributed by atoms with E-state index >= 15 is 0 Å². The predicted octanol–water partition coefficient (Wildman–Crippen LogP) is -10.5. The van der Waals surface area contributed by atoms with E-state index in [1.54, 1.807) is 12.1 Å². The van der Waals surface area contributed by atoms with E-state index in [-0.39, 0.29) is 5.75 Å². The number of carbonyl (C=O) groups is 1. The van der Waals surface area contributed by atoms with E-state index in [0.29, 0.717) is 9.26 Å². The minimum absolute atomic E-state index is 0.0479. The van der Waals surface area contributed by atoms with E-state index in [1.165, 1.54) is 13.0 Å². The molecule has 22 fully saturated rings. The van der Waals surface area contributed by atoms with E-state index in [0.717, 1.165) is 0 Å². The number of benzene rings is 1. The maximum atomic E-state index is 11.7. The molecule has 30 atom stereocenters. The van der Waals surface area contributed by atoms with Gasteiger partial charge in [-0.2, -0.15) is 4.89 Å². The molecule has 1 aromatic rings. The molecule has 12 bridgehead atoms. The van der Waals surface area contributed by atoms with Crippen molar-refractivity contribution in [2.45, 2.75) is 191 Å². The first kappa shape index (κ1) is 62.1.